The van der Waals surface area contributed by atoms with E-state index < -0.39 is 9.84 Å². The SMILES string of the molecule is CCNCc1ccccc1NC(=O)CCS(=O)(=O)C1CCCC1. The summed E-state index contributed by atoms with van der Waals surface area (Å²) in [4.78, 5) is 12.1. The molecule has 1 amide bonds. The summed E-state index contributed by atoms with van der Waals surface area (Å²) in [6, 6.07) is 7.58. The van der Waals surface area contributed by atoms with Gasteiger partial charge in [0.2, 0.25) is 5.91 Å². The number of nitrogens with one attached hydrogen (secondary N) is 2. The van der Waals surface area contributed by atoms with Crippen molar-refractivity contribution < 1.29 is 13.2 Å². The highest BCUT2D eigenvalue weighted by Crippen LogP contribution is 2.25. The molecule has 0 saturated heterocycles. The Balaban J connectivity index is 1.90. The predicted molar refractivity (Wildman–Crippen MR) is 93.1 cm³/mol. The van der Waals surface area contributed by atoms with Gasteiger partial charge in [0.25, 0.3) is 0 Å². The molecule has 0 spiro atoms. The predicted octanol–water partition coefficient (Wildman–Crippen LogP) is 2.48. The summed E-state index contributed by atoms with van der Waals surface area (Å²) in [5, 5.41) is 5.82. The lowest BCUT2D eigenvalue weighted by molar-refractivity contribution is -0.115. The molecule has 5 nitrogen and oxygen atoms in total. The molecule has 0 bridgehead atoms. The zero-order chi connectivity index (χ0) is 16.7. The molecule has 0 atom stereocenters. The van der Waals surface area contributed by atoms with Crippen LogP contribution in [0.2, 0.25) is 0 Å². The second-order valence-electron chi connectivity index (χ2n) is 6.01. The van der Waals surface area contributed by atoms with Crippen molar-refractivity contribution in [3.8, 4) is 0 Å². The highest BCUT2D eigenvalue weighted by molar-refractivity contribution is 7.92. The van der Waals surface area contributed by atoms with E-state index in [-0.39, 0.29) is 23.3 Å². The monoisotopic (exact) mass is 338 g/mol. The lowest BCUT2D eigenvalue weighted by Crippen LogP contribution is -2.25. The molecule has 0 aromatic heterocycles. The molecule has 1 aromatic carbocycles. The third kappa shape index (κ3) is 5.32. The van der Waals surface area contributed by atoms with Crippen molar-refractivity contribution >= 4 is 21.4 Å². The van der Waals surface area contributed by atoms with Crippen LogP contribution in [0.1, 0.15) is 44.6 Å². The fraction of sp³-hybridized carbons (Fsp3) is 0.588. The van der Waals surface area contributed by atoms with E-state index in [4.69, 9.17) is 0 Å². The second kappa shape index (κ2) is 8.45. The normalized spacial score (nSPS) is 15.7. The third-order valence-corrected chi connectivity index (χ3v) is 6.54. The molecule has 2 N–H and O–H groups in total. The number of carbonyl (C=O) groups is 1. The van der Waals surface area contributed by atoms with Gasteiger partial charge in [-0.2, -0.15) is 0 Å². The highest BCUT2D eigenvalue weighted by Gasteiger charge is 2.28. The molecular formula is C17H26N2O3S. The molecule has 6 heteroatoms. The van der Waals surface area contributed by atoms with Crippen LogP contribution in [0.5, 0.6) is 0 Å². The Kier molecular flexibility index (Phi) is 6.59. The van der Waals surface area contributed by atoms with Gasteiger partial charge < -0.3 is 10.6 Å². The van der Waals surface area contributed by atoms with Crippen LogP contribution in [0, 0.1) is 0 Å². The first-order valence-corrected chi connectivity index (χ1v) is 10.0. The van der Waals surface area contributed by atoms with Gasteiger partial charge in [-0.1, -0.05) is 38.0 Å². The molecule has 0 aliphatic heterocycles. The van der Waals surface area contributed by atoms with E-state index in [2.05, 4.69) is 10.6 Å². The summed E-state index contributed by atoms with van der Waals surface area (Å²) in [6.45, 7) is 3.55. The maximum Gasteiger partial charge on any atom is 0.225 e. The van der Waals surface area contributed by atoms with Crippen LogP contribution >= 0.6 is 0 Å². The van der Waals surface area contributed by atoms with Crippen molar-refractivity contribution in [2.75, 3.05) is 17.6 Å². The number of carbonyl (C=O) groups excluding carboxylic acids is 1. The van der Waals surface area contributed by atoms with Crippen molar-refractivity contribution in [3.05, 3.63) is 29.8 Å². The Morgan fingerprint density at radius 1 is 1.22 bits per heavy atom. The molecule has 1 fully saturated rings. The Hall–Kier alpha value is -1.40. The lowest BCUT2D eigenvalue weighted by atomic mass is 10.1. The molecule has 2 rings (SSSR count). The molecular weight excluding hydrogens is 312 g/mol. The van der Waals surface area contributed by atoms with E-state index in [0.29, 0.717) is 6.54 Å². The standard InChI is InChI=1S/C17H26N2O3S/c1-2-18-13-14-7-3-6-10-16(14)19-17(20)11-12-23(21,22)15-8-4-5-9-15/h3,6-7,10,15,18H,2,4-5,8-9,11-13H2,1H3,(H,19,20). The quantitative estimate of drug-likeness (QED) is 0.763. The Morgan fingerprint density at radius 2 is 1.91 bits per heavy atom. The minimum atomic E-state index is -3.14. The average molecular weight is 338 g/mol. The van der Waals surface area contributed by atoms with Gasteiger partial charge in [-0.05, 0) is 31.0 Å². The van der Waals surface area contributed by atoms with Gasteiger partial charge in [-0.15, -0.1) is 0 Å². The zero-order valence-corrected chi connectivity index (χ0v) is 14.5. The molecule has 1 aliphatic carbocycles. The van der Waals surface area contributed by atoms with Gasteiger partial charge in [-0.25, -0.2) is 8.42 Å². The number of sulfone groups is 1. The first-order valence-electron chi connectivity index (χ1n) is 8.33. The third-order valence-electron chi connectivity index (χ3n) is 4.28. The number of rotatable bonds is 8. The number of anilines is 1. The average Bonchev–Trinajstić information content (AvgIpc) is 3.08. The lowest BCUT2D eigenvalue weighted by Gasteiger charge is -2.13. The summed E-state index contributed by atoms with van der Waals surface area (Å²) >= 11 is 0. The van der Waals surface area contributed by atoms with Crippen LogP contribution < -0.4 is 10.6 Å². The molecule has 0 radical (unpaired) electrons. The first-order chi connectivity index (χ1) is 11.0. The van der Waals surface area contributed by atoms with Crippen molar-refractivity contribution in [1.29, 1.82) is 0 Å². The maximum atomic E-state index is 12.2. The minimum absolute atomic E-state index is 0.0222. The topological polar surface area (TPSA) is 75.3 Å². The number of amides is 1. The van der Waals surface area contributed by atoms with Gasteiger partial charge in [0.05, 0.1) is 11.0 Å². The molecule has 0 unspecified atom stereocenters. The van der Waals surface area contributed by atoms with Crippen molar-refractivity contribution in [1.82, 2.24) is 5.32 Å². The van der Waals surface area contributed by atoms with Gasteiger partial charge in [-0.3, -0.25) is 4.79 Å². The molecule has 128 valence electrons. The molecule has 23 heavy (non-hydrogen) atoms. The van der Waals surface area contributed by atoms with Crippen LogP contribution in [0.25, 0.3) is 0 Å². The zero-order valence-electron chi connectivity index (χ0n) is 13.7. The Bertz CT molecular complexity index is 622. The van der Waals surface area contributed by atoms with Crippen molar-refractivity contribution in [2.24, 2.45) is 0 Å². The van der Waals surface area contributed by atoms with Crippen molar-refractivity contribution in [3.63, 3.8) is 0 Å². The summed E-state index contributed by atoms with van der Waals surface area (Å²) in [7, 11) is -3.14. The van der Waals surface area contributed by atoms with E-state index >= 15 is 0 Å². The number of benzene rings is 1. The fourth-order valence-electron chi connectivity index (χ4n) is 2.92. The number of hydrogen-bond donors (Lipinski definition) is 2. The Labute approximate surface area is 138 Å². The maximum absolute atomic E-state index is 12.2. The van der Waals surface area contributed by atoms with E-state index in [1.54, 1.807) is 0 Å². The van der Waals surface area contributed by atoms with Crippen LogP contribution in [0.15, 0.2) is 24.3 Å². The second-order valence-corrected chi connectivity index (χ2v) is 8.41. The Morgan fingerprint density at radius 3 is 2.61 bits per heavy atom. The highest BCUT2D eigenvalue weighted by atomic mass is 32.2. The van der Waals surface area contributed by atoms with Gasteiger partial charge in [0, 0.05) is 18.7 Å². The van der Waals surface area contributed by atoms with E-state index in [1.165, 1.54) is 0 Å². The van der Waals surface area contributed by atoms with E-state index in [0.717, 1.165) is 43.5 Å². The first kappa shape index (κ1) is 17.9. The van der Waals surface area contributed by atoms with Crippen LogP contribution in [0.4, 0.5) is 5.69 Å². The molecule has 0 heterocycles. The van der Waals surface area contributed by atoms with Crippen molar-refractivity contribution in [2.45, 2.75) is 50.8 Å². The van der Waals surface area contributed by atoms with E-state index in [1.807, 2.05) is 31.2 Å². The largest absolute Gasteiger partial charge is 0.326 e. The van der Waals surface area contributed by atoms with Gasteiger partial charge >= 0.3 is 0 Å². The molecule has 1 aliphatic rings. The van der Waals surface area contributed by atoms with Crippen LogP contribution in [0.3, 0.4) is 0 Å². The van der Waals surface area contributed by atoms with Crippen LogP contribution in [-0.4, -0.2) is 31.9 Å². The number of para-hydroxylation sites is 1. The number of hydrogen-bond acceptors (Lipinski definition) is 4. The van der Waals surface area contributed by atoms with Crippen LogP contribution in [-0.2, 0) is 21.2 Å². The fourth-order valence-corrected chi connectivity index (χ4v) is 4.77. The molecule has 1 saturated carbocycles. The van der Waals surface area contributed by atoms with Gasteiger partial charge in [0.1, 0.15) is 0 Å². The summed E-state index contributed by atoms with van der Waals surface area (Å²) in [6.07, 6.45) is 3.47. The summed E-state index contributed by atoms with van der Waals surface area (Å²) in [5.41, 5.74) is 1.75. The smallest absolute Gasteiger partial charge is 0.225 e. The van der Waals surface area contributed by atoms with Gasteiger partial charge in [0.15, 0.2) is 9.84 Å². The minimum Gasteiger partial charge on any atom is -0.326 e. The molecule has 1 aromatic rings. The summed E-state index contributed by atoms with van der Waals surface area (Å²) < 4.78 is 24.4. The van der Waals surface area contributed by atoms with E-state index in [9.17, 15) is 13.2 Å². The summed E-state index contributed by atoms with van der Waals surface area (Å²) in [5.74, 6) is -0.297.